The molecule has 34 heavy (non-hydrogen) atoms. The van der Waals surface area contributed by atoms with Gasteiger partial charge in [0.2, 0.25) is 0 Å². The standard InChI is InChI=1S/C22H21ClF3N5O3/c1-11-9-13(12(2)27-14-3-4-16(23)29-18(14)21(32)33)17-15(10-11)28-19(22(24,25)26)20(30-17)31-5-7-34-8-6-31/h3-4,9-10,12,27H,5-8H2,1-2H3,(H,32,33)/t12-/m1/s1. The molecule has 0 aliphatic carbocycles. The zero-order chi connectivity index (χ0) is 24.6. The third-order valence-electron chi connectivity index (χ3n) is 5.41. The third-order valence-corrected chi connectivity index (χ3v) is 5.62. The molecule has 0 spiro atoms. The van der Waals surface area contributed by atoms with Crippen molar-refractivity contribution in [1.29, 1.82) is 0 Å². The SMILES string of the molecule is Cc1cc([C@@H](C)Nc2ccc(Cl)nc2C(=O)O)c2nc(N3CCOCC3)c(C(F)(F)F)nc2c1. The molecule has 0 saturated carbocycles. The van der Waals surface area contributed by atoms with Gasteiger partial charge in [0.05, 0.1) is 36.0 Å². The molecule has 8 nitrogen and oxygen atoms in total. The van der Waals surface area contributed by atoms with Crippen molar-refractivity contribution in [1.82, 2.24) is 15.0 Å². The summed E-state index contributed by atoms with van der Waals surface area (Å²) >= 11 is 5.83. The molecule has 180 valence electrons. The van der Waals surface area contributed by atoms with Crippen LogP contribution in [-0.4, -0.2) is 52.3 Å². The lowest BCUT2D eigenvalue weighted by Crippen LogP contribution is -2.38. The van der Waals surface area contributed by atoms with E-state index in [1.54, 1.807) is 26.0 Å². The second-order valence-corrected chi connectivity index (χ2v) is 8.30. The van der Waals surface area contributed by atoms with Gasteiger partial charge in [-0.3, -0.25) is 0 Å². The number of aromatic nitrogens is 3. The summed E-state index contributed by atoms with van der Waals surface area (Å²) in [6.45, 7) is 4.59. The van der Waals surface area contributed by atoms with E-state index in [0.717, 1.165) is 0 Å². The summed E-state index contributed by atoms with van der Waals surface area (Å²) in [6.07, 6.45) is -4.69. The molecule has 1 atom stereocenters. The second kappa shape index (κ2) is 9.22. The van der Waals surface area contributed by atoms with E-state index in [1.165, 1.54) is 17.0 Å². The highest BCUT2D eigenvalue weighted by Gasteiger charge is 2.39. The number of alkyl halides is 3. The molecule has 2 N–H and O–H groups in total. The van der Waals surface area contributed by atoms with Gasteiger partial charge in [-0.2, -0.15) is 13.2 Å². The van der Waals surface area contributed by atoms with Gasteiger partial charge in [0, 0.05) is 18.7 Å². The molecule has 1 fully saturated rings. The minimum absolute atomic E-state index is 0.0253. The van der Waals surface area contributed by atoms with Gasteiger partial charge in [0.1, 0.15) is 5.15 Å². The molecule has 0 bridgehead atoms. The van der Waals surface area contributed by atoms with Gasteiger partial charge < -0.3 is 20.1 Å². The molecule has 1 saturated heterocycles. The first-order chi connectivity index (χ1) is 16.0. The number of rotatable bonds is 5. The molecular formula is C22H21ClF3N5O3. The van der Waals surface area contributed by atoms with E-state index in [2.05, 4.69) is 20.3 Å². The molecule has 4 rings (SSSR count). The number of benzene rings is 1. The molecule has 12 heteroatoms. The van der Waals surface area contributed by atoms with Crippen LogP contribution in [0.2, 0.25) is 5.15 Å². The number of hydrogen-bond acceptors (Lipinski definition) is 7. The maximum atomic E-state index is 13.9. The van der Waals surface area contributed by atoms with Crippen molar-refractivity contribution in [2.75, 3.05) is 36.5 Å². The maximum absolute atomic E-state index is 13.9. The van der Waals surface area contributed by atoms with Gasteiger partial charge in [-0.05, 0) is 37.6 Å². The fourth-order valence-corrected chi connectivity index (χ4v) is 4.01. The number of carboxylic acids is 1. The first kappa shape index (κ1) is 24.0. The Morgan fingerprint density at radius 2 is 1.91 bits per heavy atom. The van der Waals surface area contributed by atoms with E-state index in [-0.39, 0.29) is 54.2 Å². The Morgan fingerprint density at radius 3 is 2.56 bits per heavy atom. The Hall–Kier alpha value is -3.18. The summed E-state index contributed by atoms with van der Waals surface area (Å²) in [6, 6.07) is 5.73. The van der Waals surface area contributed by atoms with Crippen molar-refractivity contribution < 1.29 is 27.8 Å². The number of ether oxygens (including phenoxy) is 1. The molecule has 1 aliphatic heterocycles. The number of morpholine rings is 1. The van der Waals surface area contributed by atoms with Gasteiger partial charge >= 0.3 is 12.1 Å². The van der Waals surface area contributed by atoms with Crippen LogP contribution >= 0.6 is 11.6 Å². The monoisotopic (exact) mass is 495 g/mol. The molecule has 0 amide bonds. The number of carboxylic acid groups (broad SMARTS) is 1. The number of halogens is 4. The van der Waals surface area contributed by atoms with Gasteiger partial charge in [-0.1, -0.05) is 17.7 Å². The minimum Gasteiger partial charge on any atom is -0.476 e. The van der Waals surface area contributed by atoms with Crippen LogP contribution in [-0.2, 0) is 10.9 Å². The number of nitrogens with one attached hydrogen (secondary N) is 1. The number of hydrogen-bond donors (Lipinski definition) is 2. The van der Waals surface area contributed by atoms with Gasteiger partial charge in [-0.15, -0.1) is 0 Å². The molecule has 2 aromatic heterocycles. The van der Waals surface area contributed by atoms with Crippen molar-refractivity contribution in [3.63, 3.8) is 0 Å². The van der Waals surface area contributed by atoms with Gasteiger partial charge in [0.25, 0.3) is 0 Å². The smallest absolute Gasteiger partial charge is 0.437 e. The molecular weight excluding hydrogens is 475 g/mol. The zero-order valence-corrected chi connectivity index (χ0v) is 19.0. The van der Waals surface area contributed by atoms with Crippen LogP contribution in [0.5, 0.6) is 0 Å². The predicted octanol–water partition coefficient (Wildman–Crippen LogP) is 4.71. The number of fused-ring (bicyclic) bond motifs is 1. The topological polar surface area (TPSA) is 100 Å². The van der Waals surface area contributed by atoms with E-state index in [0.29, 0.717) is 16.6 Å². The molecule has 1 aromatic carbocycles. The van der Waals surface area contributed by atoms with Crippen LogP contribution < -0.4 is 10.2 Å². The number of nitrogens with zero attached hydrogens (tertiary/aromatic N) is 4. The Labute approximate surface area is 197 Å². The van der Waals surface area contributed by atoms with Crippen molar-refractivity contribution in [3.05, 3.63) is 51.9 Å². The maximum Gasteiger partial charge on any atom is 0.437 e. The molecule has 3 aromatic rings. The van der Waals surface area contributed by atoms with Gasteiger partial charge in [0.15, 0.2) is 17.2 Å². The number of carbonyl (C=O) groups is 1. The first-order valence-corrected chi connectivity index (χ1v) is 10.8. The van der Waals surface area contributed by atoms with E-state index in [9.17, 15) is 23.1 Å². The van der Waals surface area contributed by atoms with Crippen LogP contribution in [0.3, 0.4) is 0 Å². The van der Waals surface area contributed by atoms with Crippen molar-refractivity contribution in [2.45, 2.75) is 26.1 Å². The van der Waals surface area contributed by atoms with Crippen molar-refractivity contribution in [3.8, 4) is 0 Å². The summed E-state index contributed by atoms with van der Waals surface area (Å²) in [4.78, 5) is 25.4. The van der Waals surface area contributed by atoms with E-state index in [1.807, 2.05) is 0 Å². The number of anilines is 2. The van der Waals surface area contributed by atoms with Crippen LogP contribution in [0.25, 0.3) is 11.0 Å². The summed E-state index contributed by atoms with van der Waals surface area (Å²) in [5.74, 6) is -1.52. The molecule has 1 aliphatic rings. The van der Waals surface area contributed by atoms with Crippen molar-refractivity contribution >= 4 is 40.1 Å². The minimum atomic E-state index is -4.69. The molecule has 3 heterocycles. The summed E-state index contributed by atoms with van der Waals surface area (Å²) in [5.41, 5.74) is 0.541. The average molecular weight is 496 g/mol. The Kier molecular flexibility index (Phi) is 6.50. The highest BCUT2D eigenvalue weighted by Crippen LogP contribution is 2.37. The normalized spacial score (nSPS) is 15.4. The number of aromatic carboxylic acids is 1. The summed E-state index contributed by atoms with van der Waals surface area (Å²) in [7, 11) is 0. The zero-order valence-electron chi connectivity index (χ0n) is 18.3. The highest BCUT2D eigenvalue weighted by atomic mass is 35.5. The summed E-state index contributed by atoms with van der Waals surface area (Å²) < 4.78 is 46.9. The molecule has 0 unspecified atom stereocenters. The largest absolute Gasteiger partial charge is 0.476 e. The number of pyridine rings is 1. The summed E-state index contributed by atoms with van der Waals surface area (Å²) in [5, 5.41) is 12.6. The van der Waals surface area contributed by atoms with E-state index >= 15 is 0 Å². The number of aryl methyl sites for hydroxylation is 1. The Bertz CT molecular complexity index is 1250. The van der Waals surface area contributed by atoms with Crippen LogP contribution in [0.15, 0.2) is 24.3 Å². The van der Waals surface area contributed by atoms with Gasteiger partial charge in [-0.25, -0.2) is 19.7 Å². The fraction of sp³-hybridized carbons (Fsp3) is 0.364. The first-order valence-electron chi connectivity index (χ1n) is 10.4. The quantitative estimate of drug-likeness (QED) is 0.491. The fourth-order valence-electron chi connectivity index (χ4n) is 3.87. The predicted molar refractivity (Wildman–Crippen MR) is 121 cm³/mol. The van der Waals surface area contributed by atoms with Crippen LogP contribution in [0.1, 0.15) is 40.3 Å². The third kappa shape index (κ3) is 4.85. The second-order valence-electron chi connectivity index (χ2n) is 7.92. The van der Waals surface area contributed by atoms with Crippen molar-refractivity contribution in [2.24, 2.45) is 0 Å². The molecule has 0 radical (unpaired) electrons. The Balaban J connectivity index is 1.84. The lowest BCUT2D eigenvalue weighted by molar-refractivity contribution is -0.140. The lowest BCUT2D eigenvalue weighted by atomic mass is 10.0. The van der Waals surface area contributed by atoms with E-state index < -0.39 is 23.9 Å². The Morgan fingerprint density at radius 1 is 1.21 bits per heavy atom. The average Bonchev–Trinajstić information content (AvgIpc) is 2.78. The lowest BCUT2D eigenvalue weighted by Gasteiger charge is -2.30. The van der Waals surface area contributed by atoms with Crippen LogP contribution in [0, 0.1) is 6.92 Å². The highest BCUT2D eigenvalue weighted by molar-refractivity contribution is 6.29. The van der Waals surface area contributed by atoms with Crippen LogP contribution in [0.4, 0.5) is 24.7 Å². The van der Waals surface area contributed by atoms with E-state index in [4.69, 9.17) is 16.3 Å².